The zero-order valence-electron chi connectivity index (χ0n) is 19.0. The summed E-state index contributed by atoms with van der Waals surface area (Å²) in [6.45, 7) is 9.84. The van der Waals surface area contributed by atoms with E-state index in [4.69, 9.17) is 4.74 Å². The van der Waals surface area contributed by atoms with Crippen molar-refractivity contribution in [2.45, 2.75) is 58.2 Å². The Hall–Kier alpha value is -2.58. The number of ether oxygens (including phenoxy) is 1. The van der Waals surface area contributed by atoms with Crippen LogP contribution >= 0.6 is 0 Å². The minimum Gasteiger partial charge on any atom is -0.490 e. The minimum atomic E-state index is -3.48. The summed E-state index contributed by atoms with van der Waals surface area (Å²) in [6, 6.07) is 13.0. The number of guanidine groups is 1. The third-order valence-electron chi connectivity index (χ3n) is 4.81. The van der Waals surface area contributed by atoms with Crippen LogP contribution in [-0.4, -0.2) is 34.1 Å². The van der Waals surface area contributed by atoms with Gasteiger partial charge in [0.2, 0.25) is 10.0 Å². The molecule has 31 heavy (non-hydrogen) atoms. The number of nitrogens with zero attached hydrogens (tertiary/aromatic N) is 1. The van der Waals surface area contributed by atoms with Gasteiger partial charge in [0.1, 0.15) is 5.75 Å². The molecule has 3 N–H and O–H groups in total. The Labute approximate surface area is 186 Å². The van der Waals surface area contributed by atoms with Crippen molar-refractivity contribution in [2.75, 3.05) is 13.6 Å². The van der Waals surface area contributed by atoms with Crippen LogP contribution in [0.15, 0.2) is 52.4 Å². The molecule has 0 aromatic heterocycles. The topological polar surface area (TPSA) is 91.8 Å². The van der Waals surface area contributed by atoms with Gasteiger partial charge in [-0.1, -0.05) is 31.2 Å². The van der Waals surface area contributed by atoms with E-state index in [1.807, 2.05) is 13.0 Å². The van der Waals surface area contributed by atoms with Gasteiger partial charge in [-0.2, -0.15) is 0 Å². The Bertz CT molecular complexity index is 990. The first-order valence-corrected chi connectivity index (χ1v) is 12.1. The molecule has 2 aromatic rings. The van der Waals surface area contributed by atoms with Crippen molar-refractivity contribution in [2.24, 2.45) is 4.99 Å². The number of hydrogen-bond acceptors (Lipinski definition) is 4. The lowest BCUT2D eigenvalue weighted by Crippen LogP contribution is -2.37. The summed E-state index contributed by atoms with van der Waals surface area (Å²) in [5, 5.41) is 6.57. The summed E-state index contributed by atoms with van der Waals surface area (Å²) in [5.74, 6) is 1.53. The highest BCUT2D eigenvalue weighted by atomic mass is 32.2. The zero-order chi connectivity index (χ0) is 22.9. The molecule has 1 atom stereocenters. The summed E-state index contributed by atoms with van der Waals surface area (Å²) >= 11 is 0. The van der Waals surface area contributed by atoms with Gasteiger partial charge in [-0.3, -0.25) is 0 Å². The molecule has 7 nitrogen and oxygen atoms in total. The second kappa shape index (κ2) is 11.7. The largest absolute Gasteiger partial charge is 0.490 e. The molecule has 1 unspecified atom stereocenters. The van der Waals surface area contributed by atoms with Gasteiger partial charge in [0.25, 0.3) is 0 Å². The number of rotatable bonds is 10. The molecule has 0 heterocycles. The highest BCUT2D eigenvalue weighted by molar-refractivity contribution is 7.89. The first kappa shape index (κ1) is 24.7. The molecule has 0 aliphatic rings. The standard InChI is InChI=1S/C23H34N4O3S/c1-6-18(4)30-22-13-17(3)11-12-20(22)16-27-23(25-7-2)26-15-19-9-8-10-21(14-19)31(28,29)24-5/h8-14,18,24H,6-7,15-16H2,1-5H3,(H2,25,26,27). The maximum atomic E-state index is 12.0. The van der Waals surface area contributed by atoms with Crippen molar-refractivity contribution in [3.05, 3.63) is 59.2 Å². The molecule has 0 fully saturated rings. The van der Waals surface area contributed by atoms with Gasteiger partial charge in [0.15, 0.2) is 5.96 Å². The fourth-order valence-corrected chi connectivity index (χ4v) is 3.64. The van der Waals surface area contributed by atoms with E-state index in [2.05, 4.69) is 59.3 Å². The van der Waals surface area contributed by atoms with Crippen molar-refractivity contribution in [1.82, 2.24) is 15.4 Å². The van der Waals surface area contributed by atoms with Crippen molar-refractivity contribution in [3.8, 4) is 5.75 Å². The van der Waals surface area contributed by atoms with E-state index in [1.54, 1.807) is 18.2 Å². The molecular formula is C23H34N4O3S. The maximum absolute atomic E-state index is 12.0. The molecule has 2 aromatic carbocycles. The Balaban J connectivity index is 2.14. The quantitative estimate of drug-likeness (QED) is 0.385. The average molecular weight is 447 g/mol. The van der Waals surface area contributed by atoms with Crippen LogP contribution in [-0.2, 0) is 23.1 Å². The van der Waals surface area contributed by atoms with Gasteiger partial charge in [-0.25, -0.2) is 18.1 Å². The molecule has 2 rings (SSSR count). The number of hydrogen-bond donors (Lipinski definition) is 3. The number of benzene rings is 2. The number of aryl methyl sites for hydroxylation is 1. The van der Waals surface area contributed by atoms with E-state index in [1.165, 1.54) is 7.05 Å². The first-order valence-electron chi connectivity index (χ1n) is 10.6. The molecule has 0 saturated carbocycles. The fraction of sp³-hybridized carbons (Fsp3) is 0.435. The molecule has 8 heteroatoms. The van der Waals surface area contributed by atoms with Crippen molar-refractivity contribution in [1.29, 1.82) is 0 Å². The molecule has 0 saturated heterocycles. The molecule has 0 amide bonds. The second-order valence-corrected chi connectivity index (χ2v) is 9.24. The van der Waals surface area contributed by atoms with Crippen LogP contribution in [0.2, 0.25) is 0 Å². The number of nitrogens with one attached hydrogen (secondary N) is 3. The van der Waals surface area contributed by atoms with Crippen LogP contribution in [0.25, 0.3) is 0 Å². The van der Waals surface area contributed by atoms with Crippen LogP contribution < -0.4 is 20.1 Å². The van der Waals surface area contributed by atoms with E-state index in [0.717, 1.165) is 28.9 Å². The van der Waals surface area contributed by atoms with E-state index < -0.39 is 10.0 Å². The minimum absolute atomic E-state index is 0.142. The third kappa shape index (κ3) is 7.56. The Morgan fingerprint density at radius 1 is 1.13 bits per heavy atom. The van der Waals surface area contributed by atoms with Crippen molar-refractivity contribution in [3.63, 3.8) is 0 Å². The highest BCUT2D eigenvalue weighted by Gasteiger charge is 2.12. The lowest BCUT2D eigenvalue weighted by atomic mass is 10.1. The van der Waals surface area contributed by atoms with Gasteiger partial charge >= 0.3 is 0 Å². The van der Waals surface area contributed by atoms with Crippen LogP contribution in [0, 0.1) is 6.92 Å². The van der Waals surface area contributed by atoms with Gasteiger partial charge in [0.05, 0.1) is 17.5 Å². The summed E-state index contributed by atoms with van der Waals surface area (Å²) < 4.78 is 32.5. The third-order valence-corrected chi connectivity index (χ3v) is 6.23. The van der Waals surface area contributed by atoms with E-state index >= 15 is 0 Å². The number of sulfonamides is 1. The zero-order valence-corrected chi connectivity index (χ0v) is 19.8. The van der Waals surface area contributed by atoms with Gasteiger partial charge in [0, 0.05) is 18.7 Å². The molecular weight excluding hydrogens is 412 g/mol. The van der Waals surface area contributed by atoms with Crippen LogP contribution in [0.4, 0.5) is 0 Å². The summed E-state index contributed by atoms with van der Waals surface area (Å²) in [7, 11) is -2.08. The van der Waals surface area contributed by atoms with E-state index in [9.17, 15) is 8.42 Å². The molecule has 0 aliphatic heterocycles. The average Bonchev–Trinajstić information content (AvgIpc) is 2.76. The van der Waals surface area contributed by atoms with Gasteiger partial charge < -0.3 is 15.4 Å². The Morgan fingerprint density at radius 2 is 1.90 bits per heavy atom. The number of aliphatic imine (C=N–C) groups is 1. The first-order chi connectivity index (χ1) is 14.8. The molecule has 0 radical (unpaired) electrons. The fourth-order valence-electron chi connectivity index (χ4n) is 2.84. The molecule has 0 spiro atoms. The monoisotopic (exact) mass is 446 g/mol. The smallest absolute Gasteiger partial charge is 0.240 e. The normalized spacial score (nSPS) is 13.0. The lowest BCUT2D eigenvalue weighted by Gasteiger charge is -2.18. The molecule has 170 valence electrons. The van der Waals surface area contributed by atoms with Crippen LogP contribution in [0.1, 0.15) is 43.9 Å². The van der Waals surface area contributed by atoms with Crippen LogP contribution in [0.3, 0.4) is 0 Å². The van der Waals surface area contributed by atoms with Crippen LogP contribution in [0.5, 0.6) is 5.75 Å². The summed E-state index contributed by atoms with van der Waals surface area (Å²) in [6.07, 6.45) is 1.08. The van der Waals surface area contributed by atoms with Gasteiger partial charge in [-0.15, -0.1) is 0 Å². The lowest BCUT2D eigenvalue weighted by molar-refractivity contribution is 0.215. The summed E-state index contributed by atoms with van der Waals surface area (Å²) in [5.41, 5.74) is 3.02. The van der Waals surface area contributed by atoms with Crippen molar-refractivity contribution < 1.29 is 13.2 Å². The Kier molecular flexibility index (Phi) is 9.33. The SMILES string of the molecule is CCNC(=NCc1cccc(S(=O)(=O)NC)c1)NCc1ccc(C)cc1OC(C)CC. The molecule has 0 aliphatic carbocycles. The van der Waals surface area contributed by atoms with Crippen molar-refractivity contribution >= 4 is 16.0 Å². The highest BCUT2D eigenvalue weighted by Crippen LogP contribution is 2.22. The summed E-state index contributed by atoms with van der Waals surface area (Å²) in [4.78, 5) is 4.84. The molecule has 0 bridgehead atoms. The Morgan fingerprint density at radius 3 is 2.58 bits per heavy atom. The predicted molar refractivity (Wildman–Crippen MR) is 126 cm³/mol. The van der Waals surface area contributed by atoms with E-state index in [-0.39, 0.29) is 11.0 Å². The predicted octanol–water partition coefficient (Wildman–Crippen LogP) is 3.34. The maximum Gasteiger partial charge on any atom is 0.240 e. The van der Waals surface area contributed by atoms with Gasteiger partial charge in [-0.05, 0) is 63.6 Å². The van der Waals surface area contributed by atoms with E-state index in [0.29, 0.717) is 25.6 Å². The second-order valence-electron chi connectivity index (χ2n) is 7.35.